The predicted molar refractivity (Wildman–Crippen MR) is 71.4 cm³/mol. The topological polar surface area (TPSA) is 54.0 Å². The van der Waals surface area contributed by atoms with Crippen LogP contribution < -0.4 is 10.6 Å². The van der Waals surface area contributed by atoms with Crippen molar-refractivity contribution in [1.29, 1.82) is 0 Å². The number of benzene rings is 1. The second kappa shape index (κ2) is 4.74. The van der Waals surface area contributed by atoms with Gasteiger partial charge in [0.2, 0.25) is 5.91 Å². The van der Waals surface area contributed by atoms with Crippen LogP contribution in [0, 0.1) is 0 Å². The molecule has 0 aliphatic carbocycles. The van der Waals surface area contributed by atoms with E-state index in [9.17, 15) is 4.79 Å². The fourth-order valence-corrected chi connectivity index (χ4v) is 2.33. The van der Waals surface area contributed by atoms with E-state index in [-0.39, 0.29) is 11.9 Å². The molecule has 0 unspecified atom stereocenters. The molecular formula is C14H15N3O. The van der Waals surface area contributed by atoms with Crippen LogP contribution in [0.5, 0.6) is 0 Å². The Labute approximate surface area is 105 Å². The summed E-state index contributed by atoms with van der Waals surface area (Å²) in [5.41, 5.74) is 0. The number of anilines is 1. The molecule has 2 aromatic rings. The van der Waals surface area contributed by atoms with Crippen LogP contribution in [0.3, 0.4) is 0 Å². The molecule has 1 atom stereocenters. The van der Waals surface area contributed by atoms with Crippen molar-refractivity contribution in [3.8, 4) is 0 Å². The van der Waals surface area contributed by atoms with Gasteiger partial charge in [0, 0.05) is 11.6 Å². The number of carbonyl (C=O) groups is 1. The van der Waals surface area contributed by atoms with E-state index in [1.54, 1.807) is 6.20 Å². The summed E-state index contributed by atoms with van der Waals surface area (Å²) in [7, 11) is 0. The van der Waals surface area contributed by atoms with Crippen LogP contribution in [-0.4, -0.2) is 23.5 Å². The lowest BCUT2D eigenvalue weighted by Gasteiger charge is -2.11. The van der Waals surface area contributed by atoms with Crippen molar-refractivity contribution < 1.29 is 4.79 Å². The van der Waals surface area contributed by atoms with Crippen molar-refractivity contribution >= 4 is 22.5 Å². The molecule has 1 aliphatic heterocycles. The Morgan fingerprint density at radius 2 is 2.22 bits per heavy atom. The van der Waals surface area contributed by atoms with Gasteiger partial charge in [0.1, 0.15) is 5.82 Å². The summed E-state index contributed by atoms with van der Waals surface area (Å²) in [6.07, 6.45) is 3.68. The molecule has 18 heavy (non-hydrogen) atoms. The van der Waals surface area contributed by atoms with Crippen LogP contribution in [0.15, 0.2) is 36.5 Å². The van der Waals surface area contributed by atoms with Crippen molar-refractivity contribution in [2.75, 3.05) is 11.9 Å². The summed E-state index contributed by atoms with van der Waals surface area (Å²) >= 11 is 0. The molecule has 0 radical (unpaired) electrons. The SMILES string of the molecule is O=C(Nc1nccc2ccccc12)[C@@H]1CCCN1. The fourth-order valence-electron chi connectivity index (χ4n) is 2.33. The Hall–Kier alpha value is -1.94. The van der Waals surface area contributed by atoms with Gasteiger partial charge < -0.3 is 10.6 Å². The van der Waals surface area contributed by atoms with Gasteiger partial charge in [-0.2, -0.15) is 0 Å². The molecule has 1 amide bonds. The van der Waals surface area contributed by atoms with Crippen molar-refractivity contribution in [3.63, 3.8) is 0 Å². The van der Waals surface area contributed by atoms with Gasteiger partial charge in [-0.25, -0.2) is 4.98 Å². The highest BCUT2D eigenvalue weighted by Gasteiger charge is 2.22. The number of amides is 1. The highest BCUT2D eigenvalue weighted by molar-refractivity contribution is 6.02. The number of carbonyl (C=O) groups excluding carboxylic acids is 1. The number of nitrogens with one attached hydrogen (secondary N) is 2. The molecule has 0 bridgehead atoms. The monoisotopic (exact) mass is 241 g/mol. The lowest BCUT2D eigenvalue weighted by molar-refractivity contribution is -0.117. The highest BCUT2D eigenvalue weighted by Crippen LogP contribution is 2.20. The number of pyridine rings is 1. The third kappa shape index (κ3) is 2.07. The van der Waals surface area contributed by atoms with Gasteiger partial charge in [-0.05, 0) is 30.8 Å². The van der Waals surface area contributed by atoms with Crippen molar-refractivity contribution in [2.24, 2.45) is 0 Å². The number of fused-ring (bicyclic) bond motifs is 1. The third-order valence-electron chi connectivity index (χ3n) is 3.29. The fraction of sp³-hybridized carbons (Fsp3) is 0.286. The Balaban J connectivity index is 1.88. The first-order valence-corrected chi connectivity index (χ1v) is 6.22. The molecule has 2 N–H and O–H groups in total. The van der Waals surface area contributed by atoms with E-state index in [2.05, 4.69) is 15.6 Å². The molecule has 1 saturated heterocycles. The lowest BCUT2D eigenvalue weighted by Crippen LogP contribution is -2.35. The Kier molecular flexibility index (Phi) is 2.94. The first kappa shape index (κ1) is 11.2. The minimum atomic E-state index is -0.0780. The molecule has 3 rings (SSSR count). The van der Waals surface area contributed by atoms with Crippen LogP contribution in [0.25, 0.3) is 10.8 Å². The number of nitrogens with zero attached hydrogens (tertiary/aromatic N) is 1. The van der Waals surface area contributed by atoms with Crippen molar-refractivity contribution in [2.45, 2.75) is 18.9 Å². The number of hydrogen-bond donors (Lipinski definition) is 2. The van der Waals surface area contributed by atoms with E-state index in [0.717, 1.165) is 30.2 Å². The molecule has 4 heteroatoms. The lowest BCUT2D eigenvalue weighted by atomic mass is 10.1. The normalized spacial score (nSPS) is 19.0. The highest BCUT2D eigenvalue weighted by atomic mass is 16.2. The van der Waals surface area contributed by atoms with Gasteiger partial charge in [0.25, 0.3) is 0 Å². The molecule has 1 aromatic carbocycles. The average molecular weight is 241 g/mol. The van der Waals surface area contributed by atoms with Gasteiger partial charge in [-0.1, -0.05) is 24.3 Å². The van der Waals surface area contributed by atoms with Crippen LogP contribution in [0.2, 0.25) is 0 Å². The van der Waals surface area contributed by atoms with E-state index >= 15 is 0 Å². The molecule has 1 fully saturated rings. The molecule has 2 heterocycles. The molecule has 1 aromatic heterocycles. The number of rotatable bonds is 2. The molecule has 1 aliphatic rings. The minimum absolute atomic E-state index is 0.0105. The maximum absolute atomic E-state index is 12.0. The van der Waals surface area contributed by atoms with E-state index in [1.165, 1.54) is 0 Å². The van der Waals surface area contributed by atoms with Gasteiger partial charge >= 0.3 is 0 Å². The first-order chi connectivity index (χ1) is 8.84. The maximum atomic E-state index is 12.0. The van der Waals surface area contributed by atoms with Gasteiger partial charge in [0.05, 0.1) is 6.04 Å². The summed E-state index contributed by atoms with van der Waals surface area (Å²) in [4.78, 5) is 16.3. The molecule has 0 saturated carbocycles. The summed E-state index contributed by atoms with van der Waals surface area (Å²) in [5.74, 6) is 0.656. The minimum Gasteiger partial charge on any atom is -0.309 e. The van der Waals surface area contributed by atoms with Crippen LogP contribution in [0.1, 0.15) is 12.8 Å². The Morgan fingerprint density at radius 3 is 3.06 bits per heavy atom. The number of aromatic nitrogens is 1. The molecular weight excluding hydrogens is 226 g/mol. The van der Waals surface area contributed by atoms with E-state index in [4.69, 9.17) is 0 Å². The predicted octanol–water partition coefficient (Wildman–Crippen LogP) is 1.93. The Bertz CT molecular complexity index is 571. The van der Waals surface area contributed by atoms with E-state index < -0.39 is 0 Å². The second-order valence-corrected chi connectivity index (χ2v) is 4.52. The molecule has 4 nitrogen and oxygen atoms in total. The van der Waals surface area contributed by atoms with Gasteiger partial charge in [0.15, 0.2) is 0 Å². The maximum Gasteiger partial charge on any atom is 0.242 e. The summed E-state index contributed by atoms with van der Waals surface area (Å²) < 4.78 is 0. The standard InChI is InChI=1S/C14H15N3O/c18-14(12-6-3-8-15-12)17-13-11-5-2-1-4-10(11)7-9-16-13/h1-2,4-5,7,9,12,15H,3,6,8H2,(H,16,17,18)/t12-/m0/s1. The zero-order valence-corrected chi connectivity index (χ0v) is 10.0. The average Bonchev–Trinajstić information content (AvgIpc) is 2.93. The smallest absolute Gasteiger partial charge is 0.242 e. The van der Waals surface area contributed by atoms with Crippen LogP contribution in [-0.2, 0) is 4.79 Å². The van der Waals surface area contributed by atoms with Gasteiger partial charge in [-0.3, -0.25) is 4.79 Å². The molecule has 92 valence electrons. The van der Waals surface area contributed by atoms with Crippen LogP contribution >= 0.6 is 0 Å². The quantitative estimate of drug-likeness (QED) is 0.844. The zero-order valence-electron chi connectivity index (χ0n) is 10.0. The van der Waals surface area contributed by atoms with E-state index in [1.807, 2.05) is 30.3 Å². The van der Waals surface area contributed by atoms with Crippen molar-refractivity contribution in [1.82, 2.24) is 10.3 Å². The summed E-state index contributed by atoms with van der Waals surface area (Å²) in [6, 6.07) is 9.78. The first-order valence-electron chi connectivity index (χ1n) is 6.22. The number of hydrogen-bond acceptors (Lipinski definition) is 3. The second-order valence-electron chi connectivity index (χ2n) is 4.52. The summed E-state index contributed by atoms with van der Waals surface area (Å²) in [5, 5.41) is 8.16. The van der Waals surface area contributed by atoms with Crippen LogP contribution in [0.4, 0.5) is 5.82 Å². The van der Waals surface area contributed by atoms with E-state index in [0.29, 0.717) is 5.82 Å². The zero-order chi connectivity index (χ0) is 12.4. The van der Waals surface area contributed by atoms with Crippen molar-refractivity contribution in [3.05, 3.63) is 36.5 Å². The van der Waals surface area contributed by atoms with Gasteiger partial charge in [-0.15, -0.1) is 0 Å². The Morgan fingerprint density at radius 1 is 1.33 bits per heavy atom. The summed E-state index contributed by atoms with van der Waals surface area (Å²) in [6.45, 7) is 0.918. The third-order valence-corrected chi connectivity index (χ3v) is 3.29. The molecule has 0 spiro atoms. The largest absolute Gasteiger partial charge is 0.309 e.